The molecule has 0 aromatic heterocycles. The number of rotatable bonds is 90. The molecule has 38 nitrogen and oxygen atoms in total. The van der Waals surface area contributed by atoms with Crippen LogP contribution >= 0.6 is 0 Å². The first-order chi connectivity index (χ1) is 66.4. The lowest BCUT2D eigenvalue weighted by molar-refractivity contribution is -0.258. The Hall–Kier alpha value is -5.67. The Morgan fingerprint density at radius 1 is 0.297 bits per heavy atom. The third-order valence-electron chi connectivity index (χ3n) is 25.0. The smallest absolute Gasteiger partial charge is 0.306 e. The Kier molecular flexibility index (Phi) is 73.0. The standard InChI is InChI=1S/C100H176N2O36/c1-16-85(106)29-30-94(112)135-81(12)95(102-93(111)17-2)96(113)101-34-18-25-89(110)65-100(69-126-41-22-38-114-44-31-86(107)26-19-35-117-47-50-120-53-56-123-59-62-129-97-78(9)72(3)75(6)90(136-97)66-132-82(13)103,70-127-42-23-39-115-45-32-87(108)27-20-36-118-48-51-121-54-57-124-60-63-130-98-79(10)73(4)76(7)91(137-98)67-133-83(14)104)71-128-43-24-40-116-46-33-88(109)28-21-37-119-49-52-122-55-58-125-61-64-131-99-80(11)74(5)77(8)92(138-99)68-134-84(15)105/h72-81,90-92,95,97-99H,16-71H2,1-15H3,(H,101,113)(H,102,111). The van der Waals surface area contributed by atoms with Gasteiger partial charge in [-0.25, -0.2) is 0 Å². The molecule has 3 rings (SSSR count). The summed E-state index contributed by atoms with van der Waals surface area (Å²) in [6.07, 6.45) is 1.84. The molecule has 0 radical (unpaired) electrons. The molecule has 17 unspecified atom stereocenters. The van der Waals surface area contributed by atoms with Crippen LogP contribution in [0.5, 0.6) is 0 Å². The SMILES string of the molecule is CCC(=O)CCC(=O)OC(C)C(NC(=O)CC)C(=O)NCCCC(=O)CC(COCCCOCCC(=O)CCCOCCOCCOCCOC1OC(COC(C)=O)C(C)C(C)C1C)(COCCCOCCC(=O)CCCOCCOCCOCCOC1OC(COC(C)=O)C(C)C(C)C1C)COCCCOCCC(=O)CCCOCCOCCOCCOC1OC(COC(C)=O)C(C)C(C)C1C. The zero-order chi connectivity index (χ0) is 101. The van der Waals surface area contributed by atoms with Gasteiger partial charge in [0.2, 0.25) is 11.8 Å². The number of esters is 4. The second-order valence-electron chi connectivity index (χ2n) is 36.2. The van der Waals surface area contributed by atoms with E-state index in [0.717, 1.165) is 0 Å². The van der Waals surface area contributed by atoms with E-state index in [1.807, 2.05) is 0 Å². The van der Waals surface area contributed by atoms with E-state index in [0.29, 0.717) is 234 Å². The topological polar surface area (TPSA) is 443 Å². The van der Waals surface area contributed by atoms with Crippen LogP contribution in [0.2, 0.25) is 0 Å². The van der Waals surface area contributed by atoms with Crippen LogP contribution in [0.25, 0.3) is 0 Å². The average Bonchev–Trinajstić information content (AvgIpc) is 0.820. The molecule has 0 aliphatic carbocycles. The van der Waals surface area contributed by atoms with E-state index in [4.69, 9.17) is 118 Å². The highest BCUT2D eigenvalue weighted by molar-refractivity contribution is 5.89. The highest BCUT2D eigenvalue weighted by atomic mass is 16.7. The van der Waals surface area contributed by atoms with Crippen molar-refractivity contribution in [3.05, 3.63) is 0 Å². The van der Waals surface area contributed by atoms with Gasteiger partial charge in [0.05, 0.1) is 183 Å². The molecule has 0 saturated carbocycles. The fourth-order valence-corrected chi connectivity index (χ4v) is 15.3. The van der Waals surface area contributed by atoms with E-state index < -0.39 is 54.2 Å². The van der Waals surface area contributed by atoms with Crippen molar-refractivity contribution in [3.63, 3.8) is 0 Å². The number of carbonyl (C=O) groups is 11. The van der Waals surface area contributed by atoms with Crippen molar-refractivity contribution < 1.29 is 171 Å². The van der Waals surface area contributed by atoms with Crippen LogP contribution in [0.15, 0.2) is 0 Å². The summed E-state index contributed by atoms with van der Waals surface area (Å²) < 4.78 is 145. The lowest BCUT2D eigenvalue weighted by Gasteiger charge is -2.43. The molecular weight excluding hydrogens is 1810 g/mol. The van der Waals surface area contributed by atoms with E-state index in [9.17, 15) is 52.7 Å². The van der Waals surface area contributed by atoms with Crippen molar-refractivity contribution in [1.29, 1.82) is 0 Å². The fraction of sp³-hybridized carbons (Fsp3) is 0.890. The lowest BCUT2D eigenvalue weighted by atomic mass is 9.79. The maximum atomic E-state index is 14.3. The van der Waals surface area contributed by atoms with Gasteiger partial charge in [-0.3, -0.25) is 52.7 Å². The number of nitrogens with one attached hydrogen (secondary N) is 2. The summed E-state index contributed by atoms with van der Waals surface area (Å²) in [5.41, 5.74) is -1.03. The first kappa shape index (κ1) is 126. The monoisotopic (exact) mass is 1980 g/mol. The summed E-state index contributed by atoms with van der Waals surface area (Å²) >= 11 is 0. The Bertz CT molecular complexity index is 3000. The van der Waals surface area contributed by atoms with Crippen molar-refractivity contribution in [2.24, 2.45) is 58.7 Å². The van der Waals surface area contributed by atoms with Gasteiger partial charge >= 0.3 is 23.9 Å². The largest absolute Gasteiger partial charge is 0.463 e. The maximum absolute atomic E-state index is 14.3. The zero-order valence-electron chi connectivity index (χ0n) is 86.1. The summed E-state index contributed by atoms with van der Waals surface area (Å²) in [5, 5.41) is 5.40. The normalized spacial score (nSPS) is 22.4. The number of hydrogen-bond acceptors (Lipinski definition) is 36. The first-order valence-electron chi connectivity index (χ1n) is 50.6. The van der Waals surface area contributed by atoms with E-state index in [1.165, 1.54) is 27.7 Å². The molecule has 3 aliphatic rings. The number of amides is 2. The molecule has 3 heterocycles. The van der Waals surface area contributed by atoms with Crippen LogP contribution in [-0.2, 0) is 171 Å². The van der Waals surface area contributed by atoms with Gasteiger partial charge in [0.25, 0.3) is 0 Å². The minimum atomic E-state index is -1.26. The molecule has 2 N–H and O–H groups in total. The van der Waals surface area contributed by atoms with E-state index >= 15 is 0 Å². The molecule has 802 valence electrons. The highest BCUT2D eigenvalue weighted by Crippen LogP contribution is 2.39. The number of hydrogen-bond donors (Lipinski definition) is 2. The minimum Gasteiger partial charge on any atom is -0.463 e. The van der Waals surface area contributed by atoms with Crippen LogP contribution in [0.3, 0.4) is 0 Å². The van der Waals surface area contributed by atoms with Crippen molar-refractivity contribution in [3.8, 4) is 0 Å². The van der Waals surface area contributed by atoms with Crippen LogP contribution in [-0.4, -0.2) is 358 Å². The van der Waals surface area contributed by atoms with Crippen molar-refractivity contribution in [2.75, 3.05) is 244 Å². The molecule has 17 atom stereocenters. The predicted octanol–water partition coefficient (Wildman–Crippen LogP) is 9.69. The van der Waals surface area contributed by atoms with Gasteiger partial charge < -0.3 is 129 Å². The minimum absolute atomic E-state index is 0.0180. The molecule has 38 heteroatoms. The fourth-order valence-electron chi connectivity index (χ4n) is 15.3. The first-order valence-corrected chi connectivity index (χ1v) is 50.6. The summed E-state index contributed by atoms with van der Waals surface area (Å²) in [6, 6.07) is -1.26. The van der Waals surface area contributed by atoms with Crippen molar-refractivity contribution in [1.82, 2.24) is 10.6 Å². The van der Waals surface area contributed by atoms with Crippen molar-refractivity contribution >= 4 is 64.6 Å². The zero-order valence-corrected chi connectivity index (χ0v) is 86.1. The van der Waals surface area contributed by atoms with Crippen LogP contribution in [0.4, 0.5) is 0 Å². The lowest BCUT2D eigenvalue weighted by Crippen LogP contribution is -2.53. The molecule has 0 spiro atoms. The number of Topliss-reactive ketones (excluding diaryl/α,β-unsaturated/α-hetero) is 5. The number of ether oxygens (including phenoxy) is 25. The molecule has 3 fully saturated rings. The summed E-state index contributed by atoms with van der Waals surface area (Å²) in [4.78, 5) is 138. The van der Waals surface area contributed by atoms with Gasteiger partial charge in [0, 0.05) is 181 Å². The van der Waals surface area contributed by atoms with Crippen LogP contribution < -0.4 is 10.6 Å². The highest BCUT2D eigenvalue weighted by Gasteiger charge is 2.44. The number of carbonyl (C=O) groups excluding carboxylic acids is 11. The molecule has 3 aliphatic heterocycles. The third kappa shape index (κ3) is 60.2. The van der Waals surface area contributed by atoms with Crippen LogP contribution in [0.1, 0.15) is 226 Å². The summed E-state index contributed by atoms with van der Waals surface area (Å²) in [7, 11) is 0. The molecule has 3 saturated heterocycles. The summed E-state index contributed by atoms with van der Waals surface area (Å²) in [5.74, 6) is -0.982. The van der Waals surface area contributed by atoms with Gasteiger partial charge in [-0.05, 0) is 87.4 Å². The molecule has 0 aromatic carbocycles. The van der Waals surface area contributed by atoms with Gasteiger partial charge in [0.1, 0.15) is 60.9 Å². The van der Waals surface area contributed by atoms with E-state index in [-0.39, 0.29) is 251 Å². The predicted molar refractivity (Wildman–Crippen MR) is 506 cm³/mol. The Balaban J connectivity index is 1.51. The van der Waals surface area contributed by atoms with E-state index in [2.05, 4.69) is 72.9 Å². The van der Waals surface area contributed by atoms with Gasteiger partial charge in [0.15, 0.2) is 18.9 Å². The third-order valence-corrected chi connectivity index (χ3v) is 25.0. The van der Waals surface area contributed by atoms with Crippen LogP contribution in [0, 0.1) is 58.7 Å². The summed E-state index contributed by atoms with van der Waals surface area (Å²) in [6.45, 7) is 38.5. The Labute approximate surface area is 821 Å². The maximum Gasteiger partial charge on any atom is 0.306 e. The molecule has 0 aromatic rings. The second kappa shape index (κ2) is 79.7. The molecule has 138 heavy (non-hydrogen) atoms. The Morgan fingerprint density at radius 3 is 0.899 bits per heavy atom. The molecular formula is C100H176N2O36. The molecule has 2 amide bonds. The van der Waals surface area contributed by atoms with Crippen molar-refractivity contribution in [2.45, 2.75) is 275 Å². The van der Waals surface area contributed by atoms with E-state index in [1.54, 1.807) is 13.8 Å². The van der Waals surface area contributed by atoms with Gasteiger partial charge in [-0.15, -0.1) is 0 Å². The second-order valence-corrected chi connectivity index (χ2v) is 36.2. The van der Waals surface area contributed by atoms with Gasteiger partial charge in [-0.1, -0.05) is 76.2 Å². The number of ketones is 5. The Morgan fingerprint density at radius 2 is 0.587 bits per heavy atom. The average molecular weight is 1980 g/mol. The van der Waals surface area contributed by atoms with Gasteiger partial charge in [-0.2, -0.15) is 0 Å². The molecule has 0 bridgehead atoms. The quantitative estimate of drug-likeness (QED) is 0.0325.